The van der Waals surface area contributed by atoms with E-state index in [4.69, 9.17) is 4.74 Å². The summed E-state index contributed by atoms with van der Waals surface area (Å²) >= 11 is 0. The third-order valence-electron chi connectivity index (χ3n) is 6.19. The molecule has 32 heavy (non-hydrogen) atoms. The van der Waals surface area contributed by atoms with Crippen LogP contribution in [-0.4, -0.2) is 64.4 Å². The SMILES string of the molecule is CC[C@H](NC(=O)OCC1c2ccccc2-c2ccccc21)C(=O)N1C[C@@H](O)C[C@H]1C(=O)O. The summed E-state index contributed by atoms with van der Waals surface area (Å²) < 4.78 is 5.49. The molecule has 1 fully saturated rings. The van der Waals surface area contributed by atoms with Crippen LogP contribution in [0.25, 0.3) is 11.1 Å². The number of carboxylic acid groups (broad SMARTS) is 1. The van der Waals surface area contributed by atoms with E-state index in [9.17, 15) is 24.6 Å². The zero-order chi connectivity index (χ0) is 22.8. The van der Waals surface area contributed by atoms with E-state index in [0.717, 1.165) is 27.2 Å². The van der Waals surface area contributed by atoms with Crippen molar-refractivity contribution in [1.82, 2.24) is 10.2 Å². The summed E-state index contributed by atoms with van der Waals surface area (Å²) in [7, 11) is 0. The lowest BCUT2D eigenvalue weighted by Gasteiger charge is -2.26. The van der Waals surface area contributed by atoms with Gasteiger partial charge in [0.05, 0.1) is 6.10 Å². The first-order chi connectivity index (χ1) is 15.4. The molecule has 4 rings (SSSR count). The second-order valence-electron chi connectivity index (χ2n) is 8.16. The number of aliphatic hydroxyl groups excluding tert-OH is 1. The summed E-state index contributed by atoms with van der Waals surface area (Å²) in [6.07, 6.45) is -1.39. The van der Waals surface area contributed by atoms with Gasteiger partial charge in [0.2, 0.25) is 5.91 Å². The maximum Gasteiger partial charge on any atom is 0.407 e. The van der Waals surface area contributed by atoms with Crippen molar-refractivity contribution in [2.24, 2.45) is 0 Å². The third kappa shape index (κ3) is 4.05. The molecule has 0 aromatic heterocycles. The number of nitrogens with one attached hydrogen (secondary N) is 1. The fourth-order valence-corrected chi connectivity index (χ4v) is 4.61. The van der Waals surface area contributed by atoms with E-state index in [-0.39, 0.29) is 31.9 Å². The number of carbonyl (C=O) groups excluding carboxylic acids is 2. The number of fused-ring (bicyclic) bond motifs is 3. The average Bonchev–Trinajstić information content (AvgIpc) is 3.34. The normalized spacial score (nSPS) is 20.4. The van der Waals surface area contributed by atoms with E-state index >= 15 is 0 Å². The van der Waals surface area contributed by atoms with Gasteiger partial charge in [0.15, 0.2) is 0 Å². The van der Waals surface area contributed by atoms with E-state index < -0.39 is 36.2 Å². The second-order valence-corrected chi connectivity index (χ2v) is 8.16. The number of hydrogen-bond acceptors (Lipinski definition) is 5. The van der Waals surface area contributed by atoms with Crippen LogP contribution in [-0.2, 0) is 14.3 Å². The van der Waals surface area contributed by atoms with Gasteiger partial charge in [-0.15, -0.1) is 0 Å². The van der Waals surface area contributed by atoms with Crippen LogP contribution in [0.5, 0.6) is 0 Å². The highest BCUT2D eigenvalue weighted by Gasteiger charge is 2.41. The van der Waals surface area contributed by atoms with Gasteiger partial charge in [-0.05, 0) is 28.7 Å². The molecule has 1 heterocycles. The average molecular weight is 438 g/mol. The smallest absolute Gasteiger partial charge is 0.407 e. The van der Waals surface area contributed by atoms with E-state index in [1.807, 2.05) is 48.5 Å². The molecule has 1 saturated heterocycles. The fraction of sp³-hybridized carbons (Fsp3) is 0.375. The lowest BCUT2D eigenvalue weighted by atomic mass is 9.98. The number of nitrogens with zero attached hydrogens (tertiary/aromatic N) is 1. The minimum atomic E-state index is -1.18. The minimum absolute atomic E-state index is 0.0253. The third-order valence-corrected chi connectivity index (χ3v) is 6.19. The molecule has 1 aliphatic heterocycles. The molecule has 2 aromatic carbocycles. The van der Waals surface area contributed by atoms with Crippen molar-refractivity contribution in [2.45, 2.75) is 43.9 Å². The molecular formula is C24H26N2O6. The Morgan fingerprint density at radius 2 is 1.69 bits per heavy atom. The van der Waals surface area contributed by atoms with Gasteiger partial charge in [-0.2, -0.15) is 0 Å². The van der Waals surface area contributed by atoms with Crippen molar-refractivity contribution in [1.29, 1.82) is 0 Å². The number of carboxylic acids is 1. The van der Waals surface area contributed by atoms with E-state index in [1.165, 1.54) is 0 Å². The standard InChI is InChI=1S/C24H26N2O6/c1-2-20(22(28)26-12-14(27)11-21(26)23(29)30)25-24(31)32-13-19-17-9-5-3-7-15(17)16-8-4-6-10-18(16)19/h3-10,14,19-21,27H,2,11-13H2,1H3,(H,25,31)(H,29,30)/t14-,20-,21-/m0/s1. The Labute approximate surface area is 185 Å². The molecule has 0 saturated carbocycles. The van der Waals surface area contributed by atoms with Gasteiger partial charge in [0, 0.05) is 18.9 Å². The molecule has 0 radical (unpaired) electrons. The zero-order valence-electron chi connectivity index (χ0n) is 17.7. The number of alkyl carbamates (subject to hydrolysis) is 1. The molecular weight excluding hydrogens is 412 g/mol. The minimum Gasteiger partial charge on any atom is -0.480 e. The number of hydrogen-bond donors (Lipinski definition) is 3. The lowest BCUT2D eigenvalue weighted by Crippen LogP contribution is -2.51. The number of benzene rings is 2. The number of aliphatic carboxylic acids is 1. The Kier molecular flexibility index (Phi) is 6.14. The lowest BCUT2D eigenvalue weighted by molar-refractivity contribution is -0.149. The van der Waals surface area contributed by atoms with E-state index in [2.05, 4.69) is 5.32 Å². The molecule has 8 heteroatoms. The van der Waals surface area contributed by atoms with Crippen molar-refractivity contribution in [3.8, 4) is 11.1 Å². The number of ether oxygens (including phenoxy) is 1. The topological polar surface area (TPSA) is 116 Å². The number of aliphatic hydroxyl groups is 1. The van der Waals surface area contributed by atoms with Crippen LogP contribution in [0.3, 0.4) is 0 Å². The molecule has 2 aromatic rings. The van der Waals surface area contributed by atoms with Gasteiger partial charge in [0.25, 0.3) is 0 Å². The number of β-amino-alcohol motifs (C(OH)–C–C–N with tert-alkyl or cyclic N) is 1. The molecule has 1 aliphatic carbocycles. The first-order valence-corrected chi connectivity index (χ1v) is 10.7. The van der Waals surface area contributed by atoms with Crippen LogP contribution in [0, 0.1) is 0 Å². The summed E-state index contributed by atoms with van der Waals surface area (Å²) in [5.74, 6) is -1.81. The Balaban J connectivity index is 1.41. The quantitative estimate of drug-likeness (QED) is 0.638. The van der Waals surface area contributed by atoms with Gasteiger partial charge in [-0.3, -0.25) is 4.79 Å². The summed E-state index contributed by atoms with van der Waals surface area (Å²) in [5, 5.41) is 21.7. The van der Waals surface area contributed by atoms with Crippen LogP contribution in [0.2, 0.25) is 0 Å². The molecule has 3 N–H and O–H groups in total. The molecule has 0 unspecified atom stereocenters. The predicted octanol–water partition coefficient (Wildman–Crippen LogP) is 2.35. The monoisotopic (exact) mass is 438 g/mol. The van der Waals surface area contributed by atoms with Crippen LogP contribution in [0.4, 0.5) is 4.79 Å². The molecule has 0 spiro atoms. The molecule has 168 valence electrons. The summed E-state index contributed by atoms with van der Waals surface area (Å²) in [4.78, 5) is 37.9. The van der Waals surface area contributed by atoms with Crippen LogP contribution >= 0.6 is 0 Å². The maximum atomic E-state index is 12.8. The molecule has 2 amide bonds. The summed E-state index contributed by atoms with van der Waals surface area (Å²) in [6, 6.07) is 13.9. The van der Waals surface area contributed by atoms with Crippen molar-refractivity contribution in [3.63, 3.8) is 0 Å². The predicted molar refractivity (Wildman–Crippen MR) is 116 cm³/mol. The van der Waals surface area contributed by atoms with E-state index in [1.54, 1.807) is 6.92 Å². The summed E-state index contributed by atoms with van der Waals surface area (Å²) in [6.45, 7) is 1.76. The van der Waals surface area contributed by atoms with Gasteiger partial charge < -0.3 is 25.2 Å². The summed E-state index contributed by atoms with van der Waals surface area (Å²) in [5.41, 5.74) is 4.40. The first kappa shape index (κ1) is 21.8. The largest absolute Gasteiger partial charge is 0.480 e. The zero-order valence-corrected chi connectivity index (χ0v) is 17.7. The van der Waals surface area contributed by atoms with Crippen LogP contribution in [0.15, 0.2) is 48.5 Å². The Bertz CT molecular complexity index is 993. The molecule has 2 aliphatic rings. The first-order valence-electron chi connectivity index (χ1n) is 10.7. The van der Waals surface area contributed by atoms with Gasteiger partial charge in [0.1, 0.15) is 18.7 Å². The Morgan fingerprint density at radius 3 is 2.25 bits per heavy atom. The number of amides is 2. The van der Waals surface area contributed by atoms with Crippen molar-refractivity contribution < 1.29 is 29.3 Å². The number of carbonyl (C=O) groups is 3. The highest BCUT2D eigenvalue weighted by atomic mass is 16.5. The molecule has 3 atom stereocenters. The second kappa shape index (κ2) is 9.00. The fourth-order valence-electron chi connectivity index (χ4n) is 4.61. The van der Waals surface area contributed by atoms with Crippen LogP contribution < -0.4 is 5.32 Å². The van der Waals surface area contributed by atoms with Gasteiger partial charge in [-0.25, -0.2) is 9.59 Å². The number of rotatable bonds is 6. The molecule has 8 nitrogen and oxygen atoms in total. The number of likely N-dealkylation sites (tertiary alicyclic amines) is 1. The van der Waals surface area contributed by atoms with Gasteiger partial charge in [-0.1, -0.05) is 55.5 Å². The molecule has 0 bridgehead atoms. The maximum absolute atomic E-state index is 12.8. The van der Waals surface area contributed by atoms with Crippen molar-refractivity contribution in [3.05, 3.63) is 59.7 Å². The highest BCUT2D eigenvalue weighted by Crippen LogP contribution is 2.44. The Morgan fingerprint density at radius 1 is 1.09 bits per heavy atom. The van der Waals surface area contributed by atoms with Crippen molar-refractivity contribution in [2.75, 3.05) is 13.2 Å². The van der Waals surface area contributed by atoms with Crippen molar-refractivity contribution >= 4 is 18.0 Å². The highest BCUT2D eigenvalue weighted by molar-refractivity contribution is 5.90. The van der Waals surface area contributed by atoms with Crippen LogP contribution in [0.1, 0.15) is 36.8 Å². The van der Waals surface area contributed by atoms with Gasteiger partial charge >= 0.3 is 12.1 Å². The van der Waals surface area contributed by atoms with E-state index in [0.29, 0.717) is 0 Å². The Hall–Kier alpha value is -3.39.